The van der Waals surface area contributed by atoms with Gasteiger partial charge in [-0.25, -0.2) is 9.59 Å². The first kappa shape index (κ1) is 35.4. The minimum Gasteiger partial charge on any atom is -0.870 e. The molecule has 12 heteroatoms. The van der Waals surface area contributed by atoms with Crippen LogP contribution in [0.1, 0.15) is 52.9 Å². The summed E-state index contributed by atoms with van der Waals surface area (Å²) in [5.74, 6) is -1.54. The van der Waals surface area contributed by atoms with Gasteiger partial charge in [0, 0.05) is 56.5 Å². The van der Waals surface area contributed by atoms with Gasteiger partial charge < -0.3 is 35.3 Å². The normalized spacial score (nSPS) is 10.4. The van der Waals surface area contributed by atoms with Crippen molar-refractivity contribution in [2.45, 2.75) is 33.6 Å². The number of H-pyrrole nitrogens is 4. The number of hydrogen-bond acceptors (Lipinski definition) is 6. The predicted molar refractivity (Wildman–Crippen MR) is 172 cm³/mol. The molecule has 0 atom stereocenters. The van der Waals surface area contributed by atoms with Crippen molar-refractivity contribution in [3.05, 3.63) is 116 Å². The smallest absolute Gasteiger partial charge is 0.870 e. The number of aromatic nitrogens is 4. The molecule has 0 saturated heterocycles. The molecule has 0 bridgehead atoms. The van der Waals surface area contributed by atoms with E-state index in [0.717, 1.165) is 40.3 Å². The number of ether oxygens (including phenoxy) is 1. The van der Waals surface area contributed by atoms with Gasteiger partial charge in [0.2, 0.25) is 0 Å². The van der Waals surface area contributed by atoms with Gasteiger partial charge in [-0.1, -0.05) is 26.0 Å². The van der Waals surface area contributed by atoms with Crippen LogP contribution in [0.4, 0.5) is 0 Å². The molecule has 0 amide bonds. The molecule has 0 radical (unpaired) electrons. The Morgan fingerprint density at radius 3 is 1.59 bits per heavy atom. The van der Waals surface area contributed by atoms with Crippen molar-refractivity contribution >= 4 is 33.7 Å². The number of aryl methyl sites for hydroxylation is 2. The van der Waals surface area contributed by atoms with Gasteiger partial charge in [-0.15, -0.1) is 0 Å². The molecule has 0 aliphatic carbocycles. The molecule has 6 N–H and O–H groups in total. The van der Waals surface area contributed by atoms with E-state index in [9.17, 15) is 24.3 Å². The Labute approximate surface area is 275 Å². The molecule has 4 heterocycles. The van der Waals surface area contributed by atoms with E-state index in [2.05, 4.69) is 26.9 Å². The number of hydrogen-bond donors (Lipinski definition) is 5. The standard InChI is InChI=1S/C18H18N2O3.C16H14N2O3.Li.H2O/c1-3-11-7-8-14-13(10-11)15(12-6-5-9-19-17(12)21)16(20-14)18(22)23-4-2;1-2-9-5-6-12-11(8-9)13(14(18-12)16(20)21)10-4-3-7-17-15(10)19;;/h5-10,20H,3-4H2,1-2H3,(H,19,21);3-8,18H,2H2,1H3,(H,17,19)(H,20,21);;1H2/q;;+1;/p-1. The molecule has 11 nitrogen and oxygen atoms in total. The fourth-order valence-corrected chi connectivity index (χ4v) is 5.23. The van der Waals surface area contributed by atoms with Gasteiger partial charge in [0.25, 0.3) is 11.1 Å². The summed E-state index contributed by atoms with van der Waals surface area (Å²) in [5, 5.41) is 11.0. The van der Waals surface area contributed by atoms with Crippen LogP contribution in [0.5, 0.6) is 0 Å². The second-order valence-corrected chi connectivity index (χ2v) is 10.1. The van der Waals surface area contributed by atoms with Gasteiger partial charge in [-0.2, -0.15) is 0 Å². The number of nitrogens with one attached hydrogen (secondary N) is 4. The fourth-order valence-electron chi connectivity index (χ4n) is 5.23. The third kappa shape index (κ3) is 6.92. The van der Waals surface area contributed by atoms with E-state index < -0.39 is 11.9 Å². The summed E-state index contributed by atoms with van der Waals surface area (Å²) < 4.78 is 5.13. The van der Waals surface area contributed by atoms with E-state index >= 15 is 0 Å². The minimum atomic E-state index is -1.08. The number of carbonyl (C=O) groups is 2. The van der Waals surface area contributed by atoms with E-state index in [0.29, 0.717) is 33.5 Å². The van der Waals surface area contributed by atoms with Crippen LogP contribution in [-0.2, 0) is 17.6 Å². The van der Waals surface area contributed by atoms with Gasteiger partial charge in [0.05, 0.1) is 6.61 Å². The Kier molecular flexibility index (Phi) is 11.8. The van der Waals surface area contributed by atoms with Crippen LogP contribution >= 0.6 is 0 Å². The number of rotatable bonds is 7. The van der Waals surface area contributed by atoms with Crippen LogP contribution in [0.3, 0.4) is 0 Å². The van der Waals surface area contributed by atoms with E-state index in [1.807, 2.05) is 43.3 Å². The van der Waals surface area contributed by atoms with Gasteiger partial charge in [0.15, 0.2) is 0 Å². The van der Waals surface area contributed by atoms with Crippen LogP contribution < -0.4 is 30.0 Å². The quantitative estimate of drug-likeness (QED) is 0.135. The number of carbonyl (C=O) groups excluding carboxylic acids is 1. The van der Waals surface area contributed by atoms with Gasteiger partial charge in [-0.3, -0.25) is 9.59 Å². The van der Waals surface area contributed by atoms with E-state index in [-0.39, 0.29) is 47.8 Å². The van der Waals surface area contributed by atoms with Gasteiger partial charge >= 0.3 is 30.8 Å². The molecule has 2 aromatic carbocycles. The van der Waals surface area contributed by atoms with Crippen molar-refractivity contribution in [3.63, 3.8) is 0 Å². The van der Waals surface area contributed by atoms with Crippen LogP contribution in [0.15, 0.2) is 82.6 Å². The maximum Gasteiger partial charge on any atom is 1.00 e. The second-order valence-electron chi connectivity index (χ2n) is 10.1. The Hall–Kier alpha value is -5.08. The van der Waals surface area contributed by atoms with Crippen LogP contribution in [-0.4, -0.2) is 49.1 Å². The van der Waals surface area contributed by atoms with Crippen LogP contribution in [0.2, 0.25) is 0 Å². The third-order valence-electron chi connectivity index (χ3n) is 7.41. The molecule has 0 aliphatic rings. The maximum atomic E-state index is 12.3. The zero-order valence-electron chi connectivity index (χ0n) is 26.0. The van der Waals surface area contributed by atoms with Crippen molar-refractivity contribution in [1.29, 1.82) is 0 Å². The number of carboxylic acids is 1. The fraction of sp³-hybridized carbons (Fsp3) is 0.176. The van der Waals surface area contributed by atoms with Crippen molar-refractivity contribution in [3.8, 4) is 22.3 Å². The number of benzene rings is 2. The minimum absolute atomic E-state index is 0. The van der Waals surface area contributed by atoms with Crippen LogP contribution in [0.25, 0.3) is 44.1 Å². The average Bonchev–Trinajstić information content (AvgIpc) is 3.60. The van der Waals surface area contributed by atoms with Gasteiger partial charge in [-0.05, 0) is 79.4 Å². The molecule has 6 aromatic rings. The Morgan fingerprint density at radius 2 is 1.17 bits per heavy atom. The summed E-state index contributed by atoms with van der Waals surface area (Å²) in [6.07, 6.45) is 4.81. The third-order valence-corrected chi connectivity index (χ3v) is 7.41. The summed E-state index contributed by atoms with van der Waals surface area (Å²) >= 11 is 0. The number of esters is 1. The molecular weight excluding hydrogens is 583 g/mol. The predicted octanol–water partition coefficient (Wildman–Crippen LogP) is 2.87. The van der Waals surface area contributed by atoms with E-state index in [4.69, 9.17) is 4.74 Å². The van der Waals surface area contributed by atoms with Crippen molar-refractivity contribution in [2.75, 3.05) is 6.61 Å². The molecule has 232 valence electrons. The van der Waals surface area contributed by atoms with Gasteiger partial charge in [0.1, 0.15) is 11.4 Å². The summed E-state index contributed by atoms with van der Waals surface area (Å²) in [6, 6.07) is 18.4. The largest absolute Gasteiger partial charge is 1.00 e. The Bertz CT molecular complexity index is 2120. The number of fused-ring (bicyclic) bond motifs is 2. The Morgan fingerprint density at radius 1 is 0.717 bits per heavy atom. The topological polar surface area (TPSA) is 191 Å². The summed E-state index contributed by atoms with van der Waals surface area (Å²) in [4.78, 5) is 59.3. The maximum absolute atomic E-state index is 12.3. The number of pyridine rings is 2. The number of aromatic amines is 4. The molecular formula is C34H33LiN4O7. The van der Waals surface area contributed by atoms with Crippen molar-refractivity contribution in [1.82, 2.24) is 19.9 Å². The van der Waals surface area contributed by atoms with Crippen molar-refractivity contribution < 1.29 is 43.8 Å². The molecule has 0 aliphatic heterocycles. The summed E-state index contributed by atoms with van der Waals surface area (Å²) in [5.41, 5.74) is 5.40. The molecule has 0 unspecified atom stereocenters. The first-order valence-electron chi connectivity index (χ1n) is 14.3. The zero-order chi connectivity index (χ0) is 31.4. The SMILES string of the molecule is CCOC(=O)c1[nH]c2ccc(CC)cc2c1-c1ccc[nH]c1=O.CCc1ccc2[nH]c(C(=O)O)c(-c3ccc[nH]c3=O)c2c1.[Li+].[OH-]. The first-order chi connectivity index (χ1) is 21.3. The number of aromatic carboxylic acids is 1. The molecule has 4 aromatic heterocycles. The second kappa shape index (κ2) is 15.3. The summed E-state index contributed by atoms with van der Waals surface area (Å²) in [6.45, 7) is 6.12. The molecule has 0 spiro atoms. The molecule has 0 fully saturated rings. The Balaban J connectivity index is 0.000000241. The number of carboxylic acid groups (broad SMARTS) is 1. The summed E-state index contributed by atoms with van der Waals surface area (Å²) in [7, 11) is 0. The molecule has 46 heavy (non-hydrogen) atoms. The zero-order valence-corrected chi connectivity index (χ0v) is 26.0. The first-order valence-corrected chi connectivity index (χ1v) is 14.3. The van der Waals surface area contributed by atoms with Crippen molar-refractivity contribution in [2.24, 2.45) is 0 Å². The molecule has 6 rings (SSSR count). The average molecular weight is 617 g/mol. The van der Waals surface area contributed by atoms with E-state index in [1.165, 1.54) is 6.20 Å². The van der Waals surface area contributed by atoms with Crippen LogP contribution in [0, 0.1) is 0 Å². The molecule has 0 saturated carbocycles. The van der Waals surface area contributed by atoms with E-state index in [1.54, 1.807) is 37.4 Å². The monoisotopic (exact) mass is 616 g/mol.